The fourth-order valence-electron chi connectivity index (χ4n) is 2.94. The first kappa shape index (κ1) is 9.04. The second kappa shape index (κ2) is 3.69. The third-order valence-electron chi connectivity index (χ3n) is 3.53. The van der Waals surface area contributed by atoms with E-state index in [-0.39, 0.29) is 12.1 Å². The smallest absolute Gasteiger partial charge is 0.302 e. The second-order valence-corrected chi connectivity index (χ2v) is 4.52. The number of carbonyl (C=O) groups is 1. The highest BCUT2D eigenvalue weighted by Gasteiger charge is 2.34. The summed E-state index contributed by atoms with van der Waals surface area (Å²) in [5.41, 5.74) is 0. The summed E-state index contributed by atoms with van der Waals surface area (Å²) in [5.74, 6) is 1.51. The Labute approximate surface area is 79.7 Å². The van der Waals surface area contributed by atoms with Crippen molar-refractivity contribution in [2.24, 2.45) is 11.8 Å². The van der Waals surface area contributed by atoms with E-state index in [4.69, 9.17) is 4.74 Å². The zero-order valence-electron chi connectivity index (χ0n) is 8.29. The Bertz CT molecular complexity index is 200. The summed E-state index contributed by atoms with van der Waals surface area (Å²) in [6.07, 6.45) is 7.95. The van der Waals surface area contributed by atoms with Crippen LogP contribution in [0.4, 0.5) is 0 Å². The van der Waals surface area contributed by atoms with Crippen LogP contribution < -0.4 is 0 Å². The summed E-state index contributed by atoms with van der Waals surface area (Å²) >= 11 is 0. The first-order chi connectivity index (χ1) is 6.25. The number of fused-ring (bicyclic) bond motifs is 2. The van der Waals surface area contributed by atoms with Crippen LogP contribution in [0.3, 0.4) is 0 Å². The van der Waals surface area contributed by atoms with Gasteiger partial charge in [0.1, 0.15) is 6.10 Å². The van der Waals surface area contributed by atoms with Crippen molar-refractivity contribution in [3.63, 3.8) is 0 Å². The summed E-state index contributed by atoms with van der Waals surface area (Å²) in [6, 6.07) is 0. The Kier molecular flexibility index (Phi) is 2.56. The molecule has 0 radical (unpaired) electrons. The predicted octanol–water partition coefficient (Wildman–Crippen LogP) is 2.52. The van der Waals surface area contributed by atoms with E-state index < -0.39 is 0 Å². The van der Waals surface area contributed by atoms with Crippen molar-refractivity contribution >= 4 is 5.97 Å². The molecule has 3 atom stereocenters. The van der Waals surface area contributed by atoms with E-state index >= 15 is 0 Å². The van der Waals surface area contributed by atoms with Crippen LogP contribution in [0.5, 0.6) is 0 Å². The van der Waals surface area contributed by atoms with Gasteiger partial charge in [-0.25, -0.2) is 0 Å². The summed E-state index contributed by atoms with van der Waals surface area (Å²) in [5, 5.41) is 0. The molecule has 2 rings (SSSR count). The van der Waals surface area contributed by atoms with E-state index in [1.54, 1.807) is 0 Å². The molecular formula is C11H18O2. The number of hydrogen-bond donors (Lipinski definition) is 0. The zero-order chi connectivity index (χ0) is 9.26. The first-order valence-electron chi connectivity index (χ1n) is 5.43. The molecule has 0 aromatic carbocycles. The van der Waals surface area contributed by atoms with Crippen LogP contribution in [0.25, 0.3) is 0 Å². The first-order valence-corrected chi connectivity index (χ1v) is 5.43. The standard InChI is InChI=1S/C11H18O2/c1-8(12)13-11-6-5-9-3-2-4-10(11)7-9/h9-11H,2-7H2,1H3. The highest BCUT2D eigenvalue weighted by atomic mass is 16.5. The maximum Gasteiger partial charge on any atom is 0.302 e. The van der Waals surface area contributed by atoms with Crippen molar-refractivity contribution in [1.82, 2.24) is 0 Å². The molecule has 2 aliphatic rings. The van der Waals surface area contributed by atoms with Crippen molar-refractivity contribution in [2.45, 2.75) is 51.6 Å². The van der Waals surface area contributed by atoms with Gasteiger partial charge in [-0.1, -0.05) is 12.8 Å². The van der Waals surface area contributed by atoms with E-state index in [2.05, 4.69) is 0 Å². The fourth-order valence-corrected chi connectivity index (χ4v) is 2.94. The third-order valence-corrected chi connectivity index (χ3v) is 3.53. The van der Waals surface area contributed by atoms with Gasteiger partial charge < -0.3 is 4.74 Å². The minimum atomic E-state index is -0.103. The summed E-state index contributed by atoms with van der Waals surface area (Å²) in [4.78, 5) is 10.9. The van der Waals surface area contributed by atoms with Crippen LogP contribution in [0, 0.1) is 11.8 Å². The molecule has 0 saturated heterocycles. The molecular weight excluding hydrogens is 164 g/mol. The van der Waals surface area contributed by atoms with Crippen LogP contribution in [0.1, 0.15) is 45.4 Å². The molecule has 0 amide bonds. The average Bonchev–Trinajstić information content (AvgIpc) is 2.10. The van der Waals surface area contributed by atoms with Gasteiger partial charge in [0, 0.05) is 6.92 Å². The molecule has 0 aromatic rings. The highest BCUT2D eigenvalue weighted by Crippen LogP contribution is 2.40. The lowest BCUT2D eigenvalue weighted by atomic mass is 9.71. The largest absolute Gasteiger partial charge is 0.462 e. The Balaban J connectivity index is 1.93. The van der Waals surface area contributed by atoms with Gasteiger partial charge in [-0.15, -0.1) is 0 Å². The van der Waals surface area contributed by atoms with E-state index in [1.165, 1.54) is 39.0 Å². The number of hydrogen-bond acceptors (Lipinski definition) is 2. The van der Waals surface area contributed by atoms with Crippen molar-refractivity contribution in [3.8, 4) is 0 Å². The minimum Gasteiger partial charge on any atom is -0.462 e. The predicted molar refractivity (Wildman–Crippen MR) is 50.2 cm³/mol. The Hall–Kier alpha value is -0.530. The molecule has 2 heteroatoms. The molecule has 3 unspecified atom stereocenters. The van der Waals surface area contributed by atoms with Gasteiger partial charge in [0.2, 0.25) is 0 Å². The van der Waals surface area contributed by atoms with Crippen molar-refractivity contribution in [2.75, 3.05) is 0 Å². The van der Waals surface area contributed by atoms with Crippen LogP contribution in [-0.2, 0) is 9.53 Å². The van der Waals surface area contributed by atoms with Crippen LogP contribution in [0.2, 0.25) is 0 Å². The summed E-state index contributed by atoms with van der Waals surface area (Å²) in [6.45, 7) is 1.52. The molecule has 0 spiro atoms. The van der Waals surface area contributed by atoms with Gasteiger partial charge in [-0.3, -0.25) is 4.79 Å². The molecule has 0 aromatic heterocycles. The summed E-state index contributed by atoms with van der Waals surface area (Å²) in [7, 11) is 0. The number of ether oxygens (including phenoxy) is 1. The van der Waals surface area contributed by atoms with Crippen LogP contribution in [-0.4, -0.2) is 12.1 Å². The lowest BCUT2D eigenvalue weighted by Gasteiger charge is -2.39. The monoisotopic (exact) mass is 182 g/mol. The number of rotatable bonds is 1. The zero-order valence-corrected chi connectivity index (χ0v) is 8.29. The van der Waals surface area contributed by atoms with E-state index in [9.17, 15) is 4.79 Å². The van der Waals surface area contributed by atoms with E-state index in [0.717, 1.165) is 12.3 Å². The van der Waals surface area contributed by atoms with Gasteiger partial charge >= 0.3 is 5.97 Å². The van der Waals surface area contributed by atoms with Crippen LogP contribution >= 0.6 is 0 Å². The molecule has 2 fully saturated rings. The SMILES string of the molecule is CC(=O)OC1CCC2CCCC1C2. The molecule has 0 N–H and O–H groups in total. The molecule has 2 bridgehead atoms. The minimum absolute atomic E-state index is 0.103. The highest BCUT2D eigenvalue weighted by molar-refractivity contribution is 5.66. The second-order valence-electron chi connectivity index (χ2n) is 4.52. The number of esters is 1. The molecule has 0 aliphatic heterocycles. The van der Waals surface area contributed by atoms with Gasteiger partial charge in [0.05, 0.1) is 0 Å². The Morgan fingerprint density at radius 3 is 2.85 bits per heavy atom. The summed E-state index contributed by atoms with van der Waals surface area (Å²) < 4.78 is 5.34. The molecule has 0 heterocycles. The topological polar surface area (TPSA) is 26.3 Å². The molecule has 74 valence electrons. The van der Waals surface area contributed by atoms with E-state index in [1.807, 2.05) is 0 Å². The Morgan fingerprint density at radius 2 is 2.08 bits per heavy atom. The van der Waals surface area contributed by atoms with Crippen LogP contribution in [0.15, 0.2) is 0 Å². The molecule has 13 heavy (non-hydrogen) atoms. The van der Waals surface area contributed by atoms with Gasteiger partial charge in [-0.2, -0.15) is 0 Å². The maximum atomic E-state index is 10.9. The average molecular weight is 182 g/mol. The van der Waals surface area contributed by atoms with Crippen molar-refractivity contribution in [1.29, 1.82) is 0 Å². The molecule has 2 nitrogen and oxygen atoms in total. The molecule has 2 saturated carbocycles. The third kappa shape index (κ3) is 2.04. The van der Waals surface area contributed by atoms with Gasteiger partial charge in [-0.05, 0) is 37.5 Å². The lowest BCUT2D eigenvalue weighted by Crippen LogP contribution is -2.35. The van der Waals surface area contributed by atoms with Gasteiger partial charge in [0.25, 0.3) is 0 Å². The van der Waals surface area contributed by atoms with E-state index in [0.29, 0.717) is 5.92 Å². The Morgan fingerprint density at radius 1 is 1.23 bits per heavy atom. The van der Waals surface area contributed by atoms with Gasteiger partial charge in [0.15, 0.2) is 0 Å². The van der Waals surface area contributed by atoms with Crippen molar-refractivity contribution in [3.05, 3.63) is 0 Å². The van der Waals surface area contributed by atoms with Crippen molar-refractivity contribution < 1.29 is 9.53 Å². The normalized spacial score (nSPS) is 38.4. The lowest BCUT2D eigenvalue weighted by molar-refractivity contribution is -0.152. The molecule has 2 aliphatic carbocycles. The quantitative estimate of drug-likeness (QED) is 0.582. The maximum absolute atomic E-state index is 10.9. The fraction of sp³-hybridized carbons (Fsp3) is 0.909. The number of carbonyl (C=O) groups excluding carboxylic acids is 1.